The van der Waals surface area contributed by atoms with Gasteiger partial charge in [-0.1, -0.05) is 42.5 Å². The van der Waals surface area contributed by atoms with Crippen molar-refractivity contribution in [1.82, 2.24) is 4.31 Å². The maximum Gasteiger partial charge on any atom is 0.243 e. The summed E-state index contributed by atoms with van der Waals surface area (Å²) < 4.78 is 50.9. The largest absolute Gasteiger partial charge is 0.243 e. The molecule has 0 spiro atoms. The van der Waals surface area contributed by atoms with Gasteiger partial charge in [-0.25, -0.2) is 16.8 Å². The first-order valence-corrected chi connectivity index (χ1v) is 13.0. The van der Waals surface area contributed by atoms with Crippen molar-refractivity contribution in [3.05, 3.63) is 83.4 Å². The van der Waals surface area contributed by atoms with Gasteiger partial charge in [-0.2, -0.15) is 4.31 Å². The molecule has 0 aromatic heterocycles. The highest BCUT2D eigenvalue weighted by Gasteiger charge is 2.28. The van der Waals surface area contributed by atoms with Crippen molar-refractivity contribution in [3.8, 4) is 11.1 Å². The van der Waals surface area contributed by atoms with Gasteiger partial charge in [0.05, 0.1) is 9.79 Å². The van der Waals surface area contributed by atoms with Crippen molar-refractivity contribution in [2.75, 3.05) is 12.8 Å². The van der Waals surface area contributed by atoms with Gasteiger partial charge in [0.25, 0.3) is 0 Å². The number of aryl methyl sites for hydroxylation is 1. The summed E-state index contributed by atoms with van der Waals surface area (Å²) in [6.45, 7) is 2.66. The Hall–Kier alpha value is -2.48. The minimum absolute atomic E-state index is 0.293. The lowest BCUT2D eigenvalue weighted by molar-refractivity contribution is 0.391. The van der Waals surface area contributed by atoms with E-state index in [2.05, 4.69) is 6.07 Å². The van der Waals surface area contributed by atoms with E-state index in [-0.39, 0.29) is 0 Å². The fraction of sp³-hybridized carbons (Fsp3) is 0.217. The van der Waals surface area contributed by atoms with E-state index in [9.17, 15) is 16.8 Å². The fourth-order valence-corrected chi connectivity index (χ4v) is 5.89. The molecule has 1 aliphatic rings. The lowest BCUT2D eigenvalue weighted by Gasteiger charge is -2.28. The summed E-state index contributed by atoms with van der Waals surface area (Å²) in [6.07, 6.45) is 1.83. The Morgan fingerprint density at radius 3 is 2.13 bits per heavy atom. The van der Waals surface area contributed by atoms with Crippen molar-refractivity contribution in [3.63, 3.8) is 0 Å². The number of hydrogen-bond donors (Lipinski definition) is 0. The van der Waals surface area contributed by atoms with Gasteiger partial charge in [0.1, 0.15) is 0 Å². The Balaban J connectivity index is 1.59. The molecule has 3 aromatic rings. The van der Waals surface area contributed by atoms with Crippen molar-refractivity contribution < 1.29 is 16.8 Å². The average Bonchev–Trinajstić information content (AvgIpc) is 2.72. The van der Waals surface area contributed by atoms with Gasteiger partial charge in [0, 0.05) is 19.3 Å². The molecule has 7 heteroatoms. The van der Waals surface area contributed by atoms with Crippen LogP contribution in [0.2, 0.25) is 0 Å². The molecule has 1 heterocycles. The van der Waals surface area contributed by atoms with E-state index in [4.69, 9.17) is 0 Å². The van der Waals surface area contributed by atoms with Gasteiger partial charge in [0.15, 0.2) is 9.84 Å². The number of benzene rings is 3. The zero-order valence-corrected chi connectivity index (χ0v) is 18.5. The molecule has 1 aliphatic heterocycles. The molecule has 0 bridgehead atoms. The van der Waals surface area contributed by atoms with Gasteiger partial charge in [-0.15, -0.1) is 0 Å². The lowest BCUT2D eigenvalue weighted by Crippen LogP contribution is -2.36. The van der Waals surface area contributed by atoms with Crippen LogP contribution in [0.15, 0.2) is 76.5 Å². The highest BCUT2D eigenvalue weighted by Crippen LogP contribution is 2.29. The number of fused-ring (bicyclic) bond motifs is 1. The lowest BCUT2D eigenvalue weighted by atomic mass is 9.95. The van der Waals surface area contributed by atoms with Crippen molar-refractivity contribution in [1.29, 1.82) is 0 Å². The molecule has 30 heavy (non-hydrogen) atoms. The third-order valence-electron chi connectivity index (χ3n) is 5.43. The topological polar surface area (TPSA) is 71.5 Å². The summed E-state index contributed by atoms with van der Waals surface area (Å²) in [4.78, 5) is 0.620. The predicted octanol–water partition coefficient (Wildman–Crippen LogP) is 3.81. The zero-order valence-electron chi connectivity index (χ0n) is 16.9. The molecule has 3 aromatic carbocycles. The molecular weight excluding hydrogens is 418 g/mol. The van der Waals surface area contributed by atoms with E-state index in [0.717, 1.165) is 27.8 Å². The molecule has 5 nitrogen and oxygen atoms in total. The zero-order chi connectivity index (χ0) is 21.5. The third-order valence-corrected chi connectivity index (χ3v) is 8.40. The van der Waals surface area contributed by atoms with Crippen LogP contribution < -0.4 is 0 Å². The molecule has 0 unspecified atom stereocenters. The fourth-order valence-electron chi connectivity index (χ4n) is 3.73. The van der Waals surface area contributed by atoms with Crippen LogP contribution in [0, 0.1) is 6.92 Å². The quantitative estimate of drug-likeness (QED) is 0.617. The number of rotatable bonds is 4. The van der Waals surface area contributed by atoms with Gasteiger partial charge < -0.3 is 0 Å². The summed E-state index contributed by atoms with van der Waals surface area (Å²) in [5.74, 6) is 0. The monoisotopic (exact) mass is 441 g/mol. The van der Waals surface area contributed by atoms with Crippen molar-refractivity contribution in [2.45, 2.75) is 29.7 Å². The maximum absolute atomic E-state index is 13.0. The van der Waals surface area contributed by atoms with Crippen molar-refractivity contribution in [2.24, 2.45) is 0 Å². The molecule has 0 saturated carbocycles. The Labute approximate surface area is 178 Å². The Morgan fingerprint density at radius 1 is 0.767 bits per heavy atom. The molecule has 4 rings (SSSR count). The molecule has 0 aliphatic carbocycles. The number of nitrogens with zero attached hydrogens (tertiary/aromatic N) is 1. The van der Waals surface area contributed by atoms with E-state index < -0.39 is 19.9 Å². The average molecular weight is 442 g/mol. The van der Waals surface area contributed by atoms with Crippen molar-refractivity contribution >= 4 is 19.9 Å². The van der Waals surface area contributed by atoms with Crippen LogP contribution in [0.3, 0.4) is 0 Å². The summed E-state index contributed by atoms with van der Waals surface area (Å²) in [6, 6.07) is 19.8. The molecule has 0 radical (unpaired) electrons. The van der Waals surface area contributed by atoms with Crippen LogP contribution >= 0.6 is 0 Å². The molecule has 0 N–H and O–H groups in total. The minimum atomic E-state index is -3.53. The molecule has 156 valence electrons. The summed E-state index contributed by atoms with van der Waals surface area (Å²) in [5, 5.41) is 0. The Kier molecular flexibility index (Phi) is 5.30. The third kappa shape index (κ3) is 4.05. The second kappa shape index (κ2) is 7.65. The molecule has 0 atom stereocenters. The standard InChI is InChI=1S/C23H23NO4S2/c1-17-4-3-5-23(14-17)30(27,28)24-13-12-20-15-19(6-7-21(20)16-24)18-8-10-22(11-9-18)29(2,25)26/h3-11,14-15H,12-13,16H2,1-2H3. The summed E-state index contributed by atoms with van der Waals surface area (Å²) >= 11 is 0. The number of hydrogen-bond acceptors (Lipinski definition) is 4. The molecule has 0 saturated heterocycles. The second-order valence-electron chi connectivity index (χ2n) is 7.69. The maximum atomic E-state index is 13.0. The highest BCUT2D eigenvalue weighted by molar-refractivity contribution is 7.90. The first kappa shape index (κ1) is 20.8. The predicted molar refractivity (Wildman–Crippen MR) is 117 cm³/mol. The van der Waals surface area contributed by atoms with Crippen LogP contribution in [-0.2, 0) is 32.8 Å². The van der Waals surface area contributed by atoms with E-state index in [1.165, 1.54) is 10.6 Å². The van der Waals surface area contributed by atoms with Crippen LogP contribution in [0.25, 0.3) is 11.1 Å². The van der Waals surface area contributed by atoms with Crippen LogP contribution in [0.5, 0.6) is 0 Å². The summed E-state index contributed by atoms with van der Waals surface area (Å²) in [7, 11) is -6.76. The summed E-state index contributed by atoms with van der Waals surface area (Å²) in [5.41, 5.74) is 4.95. The smallest absolute Gasteiger partial charge is 0.224 e. The second-order valence-corrected chi connectivity index (χ2v) is 11.6. The molecular formula is C23H23NO4S2. The van der Waals surface area contributed by atoms with Gasteiger partial charge in [-0.3, -0.25) is 0 Å². The Bertz CT molecular complexity index is 1310. The van der Waals surface area contributed by atoms with E-state index in [0.29, 0.717) is 29.3 Å². The van der Waals surface area contributed by atoms with E-state index in [1.54, 1.807) is 42.5 Å². The minimum Gasteiger partial charge on any atom is -0.224 e. The first-order chi connectivity index (χ1) is 14.1. The van der Waals surface area contributed by atoms with Crippen LogP contribution in [-0.4, -0.2) is 33.9 Å². The SMILES string of the molecule is Cc1cccc(S(=O)(=O)N2CCc3cc(-c4ccc(S(C)(=O)=O)cc4)ccc3C2)c1. The van der Waals surface area contributed by atoms with E-state index in [1.807, 2.05) is 25.1 Å². The Morgan fingerprint density at radius 2 is 1.47 bits per heavy atom. The van der Waals surface area contributed by atoms with Gasteiger partial charge >= 0.3 is 0 Å². The molecule has 0 fully saturated rings. The van der Waals surface area contributed by atoms with Gasteiger partial charge in [0.2, 0.25) is 10.0 Å². The number of sulfone groups is 1. The van der Waals surface area contributed by atoms with E-state index >= 15 is 0 Å². The first-order valence-electron chi connectivity index (χ1n) is 9.64. The normalized spacial score (nSPS) is 15.0. The highest BCUT2D eigenvalue weighted by atomic mass is 32.2. The van der Waals surface area contributed by atoms with Crippen LogP contribution in [0.1, 0.15) is 16.7 Å². The van der Waals surface area contributed by atoms with Gasteiger partial charge in [-0.05, 0) is 65.4 Å². The number of sulfonamides is 1. The van der Waals surface area contributed by atoms with Crippen LogP contribution in [0.4, 0.5) is 0 Å². The molecule has 0 amide bonds.